The molecule has 0 amide bonds. The van der Waals surface area contributed by atoms with E-state index in [9.17, 15) is 8.42 Å². The molecule has 3 rings (SSSR count). The van der Waals surface area contributed by atoms with Gasteiger partial charge >= 0.3 is 0 Å². The van der Waals surface area contributed by atoms with Crippen LogP contribution in [0.4, 0.5) is 5.69 Å². The van der Waals surface area contributed by atoms with Gasteiger partial charge in [-0.3, -0.25) is 4.72 Å². The molecule has 0 saturated heterocycles. The SMILES string of the molecule is O=S(=O)(Nc1ccc(Br)nc1)c1c[nH]c2cc(Cl)ccc12. The van der Waals surface area contributed by atoms with Crippen molar-refractivity contribution in [2.75, 3.05) is 4.72 Å². The van der Waals surface area contributed by atoms with Crippen LogP contribution in [0.3, 0.4) is 0 Å². The standard InChI is InChI=1S/C13H9BrClN3O2S/c14-13-4-2-9(6-17-13)18-21(19,20)12-7-16-11-5-8(15)1-3-10(11)12/h1-7,16,18H. The number of hydrogen-bond donors (Lipinski definition) is 2. The third-order valence-electron chi connectivity index (χ3n) is 2.87. The van der Waals surface area contributed by atoms with Gasteiger partial charge in [-0.05, 0) is 46.3 Å². The molecule has 2 aromatic heterocycles. The van der Waals surface area contributed by atoms with E-state index in [0.29, 0.717) is 26.2 Å². The maximum Gasteiger partial charge on any atom is 0.264 e. The van der Waals surface area contributed by atoms with Crippen molar-refractivity contribution in [3.8, 4) is 0 Å². The molecule has 0 unspecified atom stereocenters. The summed E-state index contributed by atoms with van der Waals surface area (Å²) < 4.78 is 28.0. The number of hydrogen-bond acceptors (Lipinski definition) is 3. The number of aromatic nitrogens is 2. The highest BCUT2D eigenvalue weighted by Gasteiger charge is 2.19. The summed E-state index contributed by atoms with van der Waals surface area (Å²) in [6, 6.07) is 8.28. The second-order valence-electron chi connectivity index (χ2n) is 4.32. The lowest BCUT2D eigenvalue weighted by Crippen LogP contribution is -2.12. The Kier molecular flexibility index (Phi) is 3.64. The fourth-order valence-corrected chi connectivity index (χ4v) is 3.57. The van der Waals surface area contributed by atoms with Crippen molar-refractivity contribution < 1.29 is 8.42 Å². The number of halogens is 2. The van der Waals surface area contributed by atoms with E-state index in [4.69, 9.17) is 11.6 Å². The van der Waals surface area contributed by atoms with E-state index in [0.717, 1.165) is 0 Å². The van der Waals surface area contributed by atoms with Crippen LogP contribution in [0.1, 0.15) is 0 Å². The number of nitrogens with zero attached hydrogens (tertiary/aromatic N) is 1. The summed E-state index contributed by atoms with van der Waals surface area (Å²) in [5.74, 6) is 0. The van der Waals surface area contributed by atoms with Gasteiger partial charge in [-0.25, -0.2) is 13.4 Å². The Balaban J connectivity index is 2.02. The highest BCUT2D eigenvalue weighted by Crippen LogP contribution is 2.27. The van der Waals surface area contributed by atoms with Gasteiger partial charge in [-0.1, -0.05) is 11.6 Å². The molecule has 8 heteroatoms. The highest BCUT2D eigenvalue weighted by atomic mass is 79.9. The molecule has 21 heavy (non-hydrogen) atoms. The van der Waals surface area contributed by atoms with Crippen LogP contribution in [0.5, 0.6) is 0 Å². The predicted octanol–water partition coefficient (Wildman–Crippen LogP) is 3.78. The van der Waals surface area contributed by atoms with Crippen molar-refractivity contribution in [3.63, 3.8) is 0 Å². The molecule has 1 aromatic carbocycles. The summed E-state index contributed by atoms with van der Waals surface area (Å²) in [6.07, 6.45) is 2.88. The minimum Gasteiger partial charge on any atom is -0.360 e. The van der Waals surface area contributed by atoms with Gasteiger partial charge in [0.15, 0.2) is 0 Å². The van der Waals surface area contributed by atoms with Crippen molar-refractivity contribution >= 4 is 54.1 Å². The van der Waals surface area contributed by atoms with Gasteiger partial charge in [-0.2, -0.15) is 0 Å². The molecule has 2 heterocycles. The van der Waals surface area contributed by atoms with Gasteiger partial charge in [0.2, 0.25) is 0 Å². The minimum absolute atomic E-state index is 0.164. The van der Waals surface area contributed by atoms with Crippen molar-refractivity contribution in [1.29, 1.82) is 0 Å². The molecule has 0 aliphatic rings. The Morgan fingerprint density at radius 1 is 1.24 bits per heavy atom. The van der Waals surface area contributed by atoms with Crippen LogP contribution < -0.4 is 4.72 Å². The van der Waals surface area contributed by atoms with Gasteiger partial charge in [0.25, 0.3) is 10.0 Å². The van der Waals surface area contributed by atoms with Crippen LogP contribution in [0.2, 0.25) is 5.02 Å². The topological polar surface area (TPSA) is 74.8 Å². The first-order valence-electron chi connectivity index (χ1n) is 5.87. The first-order chi connectivity index (χ1) is 9.95. The van der Waals surface area contributed by atoms with E-state index in [1.807, 2.05) is 0 Å². The third-order valence-corrected chi connectivity index (χ3v) is 5.00. The second-order valence-corrected chi connectivity index (χ2v) is 7.22. The van der Waals surface area contributed by atoms with Crippen LogP contribution in [-0.2, 0) is 10.0 Å². The maximum atomic E-state index is 12.4. The maximum absolute atomic E-state index is 12.4. The number of nitrogens with one attached hydrogen (secondary N) is 2. The lowest BCUT2D eigenvalue weighted by Gasteiger charge is -2.06. The molecule has 108 valence electrons. The van der Waals surface area contributed by atoms with E-state index >= 15 is 0 Å². The molecule has 0 atom stereocenters. The molecular weight excluding hydrogens is 378 g/mol. The van der Waals surface area contributed by atoms with E-state index in [2.05, 4.69) is 30.6 Å². The molecule has 0 fully saturated rings. The van der Waals surface area contributed by atoms with Gasteiger partial charge in [0, 0.05) is 22.1 Å². The number of aromatic amines is 1. The van der Waals surface area contributed by atoms with Crippen molar-refractivity contribution in [2.45, 2.75) is 4.90 Å². The molecule has 0 aliphatic carbocycles. The van der Waals surface area contributed by atoms with Gasteiger partial charge in [-0.15, -0.1) is 0 Å². The van der Waals surface area contributed by atoms with Gasteiger partial charge in [0.1, 0.15) is 9.50 Å². The van der Waals surface area contributed by atoms with E-state index in [1.165, 1.54) is 12.4 Å². The molecule has 0 bridgehead atoms. The summed E-state index contributed by atoms with van der Waals surface area (Å²) in [7, 11) is -3.70. The van der Waals surface area contributed by atoms with Crippen LogP contribution >= 0.6 is 27.5 Å². The van der Waals surface area contributed by atoms with Crippen molar-refractivity contribution in [3.05, 3.63) is 52.4 Å². The second kappa shape index (κ2) is 5.32. The molecule has 0 radical (unpaired) electrons. The highest BCUT2D eigenvalue weighted by molar-refractivity contribution is 9.10. The van der Waals surface area contributed by atoms with Crippen molar-refractivity contribution in [1.82, 2.24) is 9.97 Å². The van der Waals surface area contributed by atoms with Gasteiger partial charge in [0.05, 0.1) is 11.9 Å². The fraction of sp³-hybridized carbons (Fsp3) is 0. The lowest BCUT2D eigenvalue weighted by molar-refractivity contribution is 0.602. The summed E-state index contributed by atoms with van der Waals surface area (Å²) in [5, 5.41) is 1.12. The first kappa shape index (κ1) is 14.4. The van der Waals surface area contributed by atoms with Crippen LogP contribution in [0.15, 0.2) is 52.2 Å². The normalized spacial score (nSPS) is 11.7. The summed E-state index contributed by atoms with van der Waals surface area (Å²) >= 11 is 9.09. The Morgan fingerprint density at radius 2 is 2.05 bits per heavy atom. The third kappa shape index (κ3) is 2.90. The van der Waals surface area contributed by atoms with E-state index < -0.39 is 10.0 Å². The number of fused-ring (bicyclic) bond motifs is 1. The lowest BCUT2D eigenvalue weighted by atomic mass is 10.2. The molecule has 0 spiro atoms. The molecule has 0 saturated carbocycles. The average Bonchev–Trinajstić information content (AvgIpc) is 2.85. The van der Waals surface area contributed by atoms with E-state index in [1.54, 1.807) is 30.3 Å². The zero-order valence-electron chi connectivity index (χ0n) is 10.5. The molecule has 0 aliphatic heterocycles. The number of pyridine rings is 1. The quantitative estimate of drug-likeness (QED) is 0.673. The number of H-pyrrole nitrogens is 1. The van der Waals surface area contributed by atoms with Crippen LogP contribution in [0, 0.1) is 0 Å². The molecular formula is C13H9BrClN3O2S. The number of rotatable bonds is 3. The Bertz CT molecular complexity index is 907. The molecule has 3 aromatic rings. The van der Waals surface area contributed by atoms with Crippen LogP contribution in [-0.4, -0.2) is 18.4 Å². The monoisotopic (exact) mass is 385 g/mol. The van der Waals surface area contributed by atoms with Gasteiger partial charge < -0.3 is 4.98 Å². The fourth-order valence-electron chi connectivity index (χ4n) is 1.94. The summed E-state index contributed by atoms with van der Waals surface area (Å²) in [5.41, 5.74) is 1.05. The number of anilines is 1. The molecule has 2 N–H and O–H groups in total. The number of benzene rings is 1. The minimum atomic E-state index is -3.70. The Morgan fingerprint density at radius 3 is 2.76 bits per heavy atom. The zero-order chi connectivity index (χ0) is 15.0. The van der Waals surface area contributed by atoms with Crippen LogP contribution in [0.25, 0.3) is 10.9 Å². The average molecular weight is 387 g/mol. The number of sulfonamides is 1. The Labute approximate surface area is 134 Å². The smallest absolute Gasteiger partial charge is 0.264 e. The first-order valence-corrected chi connectivity index (χ1v) is 8.52. The van der Waals surface area contributed by atoms with E-state index in [-0.39, 0.29) is 4.90 Å². The Hall–Kier alpha value is -1.57. The largest absolute Gasteiger partial charge is 0.360 e. The predicted molar refractivity (Wildman–Crippen MR) is 86.1 cm³/mol. The van der Waals surface area contributed by atoms with Crippen molar-refractivity contribution in [2.24, 2.45) is 0 Å². The zero-order valence-corrected chi connectivity index (χ0v) is 13.6. The summed E-state index contributed by atoms with van der Waals surface area (Å²) in [6.45, 7) is 0. The summed E-state index contributed by atoms with van der Waals surface area (Å²) in [4.78, 5) is 7.05. The molecule has 5 nitrogen and oxygen atoms in total.